The van der Waals surface area contributed by atoms with E-state index in [0.29, 0.717) is 0 Å². The monoisotopic (exact) mass is 213 g/mol. The Morgan fingerprint density at radius 3 is 2.69 bits per heavy atom. The van der Waals surface area contributed by atoms with E-state index in [4.69, 9.17) is 0 Å². The van der Waals surface area contributed by atoms with Gasteiger partial charge in [-0.2, -0.15) is 0 Å². The number of allylic oxidation sites excluding steroid dienone is 5. The largest absolute Gasteiger partial charge is 0.260 e. The van der Waals surface area contributed by atoms with Crippen molar-refractivity contribution in [1.29, 1.82) is 0 Å². The van der Waals surface area contributed by atoms with Crippen LogP contribution < -0.4 is 0 Å². The summed E-state index contributed by atoms with van der Waals surface area (Å²) in [7, 11) is 0. The van der Waals surface area contributed by atoms with Crippen molar-refractivity contribution in [3.63, 3.8) is 0 Å². The molecule has 0 radical (unpaired) electrons. The SMILES string of the molecule is C/C=C\C=C/Cc1nccc(C)c1/C=C\C. The zero-order valence-electron chi connectivity index (χ0n) is 10.3. The van der Waals surface area contributed by atoms with Crippen LogP contribution in [0.1, 0.15) is 30.7 Å². The molecule has 0 aliphatic heterocycles. The summed E-state index contributed by atoms with van der Waals surface area (Å²) in [6.45, 7) is 6.17. The van der Waals surface area contributed by atoms with Crippen molar-refractivity contribution in [3.05, 3.63) is 59.5 Å². The number of hydrogen-bond donors (Lipinski definition) is 0. The molecule has 0 aliphatic carbocycles. The Balaban J connectivity index is 2.90. The highest BCUT2D eigenvalue weighted by molar-refractivity contribution is 5.55. The normalized spacial score (nSPS) is 12.2. The summed E-state index contributed by atoms with van der Waals surface area (Å²) in [5.41, 5.74) is 3.66. The van der Waals surface area contributed by atoms with Gasteiger partial charge in [-0.05, 0) is 38.0 Å². The van der Waals surface area contributed by atoms with E-state index in [1.807, 2.05) is 32.2 Å². The van der Waals surface area contributed by atoms with E-state index in [9.17, 15) is 0 Å². The first-order chi connectivity index (χ1) is 7.79. The van der Waals surface area contributed by atoms with Gasteiger partial charge in [0.15, 0.2) is 0 Å². The zero-order chi connectivity index (χ0) is 11.8. The quantitative estimate of drug-likeness (QED) is 0.686. The highest BCUT2D eigenvalue weighted by Gasteiger charge is 2.01. The van der Waals surface area contributed by atoms with Crippen molar-refractivity contribution in [2.45, 2.75) is 27.2 Å². The van der Waals surface area contributed by atoms with Crippen molar-refractivity contribution in [2.24, 2.45) is 0 Å². The van der Waals surface area contributed by atoms with Gasteiger partial charge in [-0.15, -0.1) is 0 Å². The van der Waals surface area contributed by atoms with Crippen LogP contribution in [0.4, 0.5) is 0 Å². The van der Waals surface area contributed by atoms with Gasteiger partial charge in [-0.3, -0.25) is 4.98 Å². The minimum absolute atomic E-state index is 0.881. The van der Waals surface area contributed by atoms with Gasteiger partial charge in [0, 0.05) is 12.6 Å². The van der Waals surface area contributed by atoms with E-state index in [2.05, 4.69) is 42.3 Å². The first-order valence-electron chi connectivity index (χ1n) is 5.64. The molecule has 1 heterocycles. The summed E-state index contributed by atoms with van der Waals surface area (Å²) >= 11 is 0. The zero-order valence-corrected chi connectivity index (χ0v) is 10.3. The van der Waals surface area contributed by atoms with Gasteiger partial charge in [0.25, 0.3) is 0 Å². The molecule has 1 aromatic rings. The highest BCUT2D eigenvalue weighted by Crippen LogP contribution is 2.14. The number of rotatable bonds is 4. The Hall–Kier alpha value is -1.63. The Labute approximate surface area is 98.2 Å². The van der Waals surface area contributed by atoms with Crippen LogP contribution in [0.5, 0.6) is 0 Å². The molecule has 1 nitrogen and oxygen atoms in total. The lowest BCUT2D eigenvalue weighted by Crippen LogP contribution is -1.94. The minimum atomic E-state index is 0.881. The summed E-state index contributed by atoms with van der Waals surface area (Å²) in [6, 6.07) is 2.05. The fourth-order valence-corrected chi connectivity index (χ4v) is 1.55. The lowest BCUT2D eigenvalue weighted by molar-refractivity contribution is 1.08. The maximum Gasteiger partial charge on any atom is 0.0516 e. The molecule has 0 atom stereocenters. The molecule has 0 saturated heterocycles. The molecule has 1 heteroatoms. The minimum Gasteiger partial charge on any atom is -0.260 e. The topological polar surface area (TPSA) is 12.9 Å². The fraction of sp³-hybridized carbons (Fsp3) is 0.267. The van der Waals surface area contributed by atoms with E-state index in [1.165, 1.54) is 11.1 Å². The van der Waals surface area contributed by atoms with Crippen LogP contribution in [0.2, 0.25) is 0 Å². The van der Waals surface area contributed by atoms with E-state index in [1.54, 1.807) is 0 Å². The number of aromatic nitrogens is 1. The van der Waals surface area contributed by atoms with Gasteiger partial charge in [-0.25, -0.2) is 0 Å². The van der Waals surface area contributed by atoms with Gasteiger partial charge in [-0.1, -0.05) is 36.5 Å². The van der Waals surface area contributed by atoms with Crippen molar-refractivity contribution in [3.8, 4) is 0 Å². The van der Waals surface area contributed by atoms with Gasteiger partial charge >= 0.3 is 0 Å². The smallest absolute Gasteiger partial charge is 0.0516 e. The van der Waals surface area contributed by atoms with Crippen molar-refractivity contribution in [2.75, 3.05) is 0 Å². The molecular formula is C15H19N. The first kappa shape index (κ1) is 12.4. The first-order valence-corrected chi connectivity index (χ1v) is 5.64. The van der Waals surface area contributed by atoms with Crippen molar-refractivity contribution >= 4 is 6.08 Å². The van der Waals surface area contributed by atoms with Crippen LogP contribution in [-0.4, -0.2) is 4.98 Å². The molecule has 0 aliphatic rings. The van der Waals surface area contributed by atoms with Crippen molar-refractivity contribution < 1.29 is 0 Å². The standard InChI is InChI=1S/C15H19N/c1-4-6-7-8-10-15-14(9-5-2)13(3)11-12-16-15/h4-9,11-12H,10H2,1-3H3/b6-4-,8-7-,9-5-. The van der Waals surface area contributed by atoms with E-state index in [-0.39, 0.29) is 0 Å². The molecule has 0 amide bonds. The third-order valence-electron chi connectivity index (χ3n) is 2.37. The number of nitrogens with zero attached hydrogens (tertiary/aromatic N) is 1. The molecule has 16 heavy (non-hydrogen) atoms. The van der Waals surface area contributed by atoms with Gasteiger partial charge in [0.1, 0.15) is 0 Å². The molecule has 0 unspecified atom stereocenters. The second-order valence-corrected chi connectivity index (χ2v) is 3.65. The molecule has 0 aromatic carbocycles. The Morgan fingerprint density at radius 1 is 1.19 bits per heavy atom. The molecular weight excluding hydrogens is 194 g/mol. The lowest BCUT2D eigenvalue weighted by atomic mass is 10.0. The van der Waals surface area contributed by atoms with Crippen LogP contribution in [0.15, 0.2) is 42.6 Å². The fourth-order valence-electron chi connectivity index (χ4n) is 1.55. The third-order valence-corrected chi connectivity index (χ3v) is 2.37. The van der Waals surface area contributed by atoms with Gasteiger partial charge < -0.3 is 0 Å². The summed E-state index contributed by atoms with van der Waals surface area (Å²) in [4.78, 5) is 4.43. The van der Waals surface area contributed by atoms with E-state index >= 15 is 0 Å². The maximum absolute atomic E-state index is 4.43. The number of aryl methyl sites for hydroxylation is 1. The summed E-state index contributed by atoms with van der Waals surface area (Å²) in [6.07, 6.45) is 15.2. The molecule has 0 saturated carbocycles. The molecule has 84 valence electrons. The number of pyridine rings is 1. The summed E-state index contributed by atoms with van der Waals surface area (Å²) < 4.78 is 0. The molecule has 0 bridgehead atoms. The third kappa shape index (κ3) is 3.50. The van der Waals surface area contributed by atoms with E-state index in [0.717, 1.165) is 12.1 Å². The van der Waals surface area contributed by atoms with Crippen LogP contribution in [0, 0.1) is 6.92 Å². The molecule has 0 N–H and O–H groups in total. The molecule has 1 aromatic heterocycles. The second-order valence-electron chi connectivity index (χ2n) is 3.65. The van der Waals surface area contributed by atoms with Crippen LogP contribution in [-0.2, 0) is 6.42 Å². The molecule has 0 spiro atoms. The van der Waals surface area contributed by atoms with Crippen LogP contribution in [0.25, 0.3) is 6.08 Å². The average molecular weight is 213 g/mol. The lowest BCUT2D eigenvalue weighted by Gasteiger charge is -2.05. The van der Waals surface area contributed by atoms with E-state index < -0.39 is 0 Å². The Bertz CT molecular complexity index is 411. The Morgan fingerprint density at radius 2 is 2.00 bits per heavy atom. The van der Waals surface area contributed by atoms with Crippen LogP contribution in [0.3, 0.4) is 0 Å². The second kappa shape index (κ2) is 6.78. The number of hydrogen-bond acceptors (Lipinski definition) is 1. The van der Waals surface area contributed by atoms with Crippen molar-refractivity contribution in [1.82, 2.24) is 4.98 Å². The average Bonchev–Trinajstić information content (AvgIpc) is 2.29. The highest BCUT2D eigenvalue weighted by atomic mass is 14.7. The summed E-state index contributed by atoms with van der Waals surface area (Å²) in [5.74, 6) is 0. The summed E-state index contributed by atoms with van der Waals surface area (Å²) in [5, 5.41) is 0. The predicted octanol–water partition coefficient (Wildman–Crippen LogP) is 4.10. The molecule has 1 rings (SSSR count). The maximum atomic E-state index is 4.43. The molecule has 0 fully saturated rings. The van der Waals surface area contributed by atoms with Gasteiger partial charge in [0.05, 0.1) is 5.69 Å². The van der Waals surface area contributed by atoms with Crippen LogP contribution >= 0.6 is 0 Å². The predicted molar refractivity (Wildman–Crippen MR) is 71.3 cm³/mol. The van der Waals surface area contributed by atoms with Gasteiger partial charge in [0.2, 0.25) is 0 Å². The Kier molecular flexibility index (Phi) is 5.27.